The molecule has 0 radical (unpaired) electrons. The number of carbonyl (C=O) groups excluding carboxylic acids is 1. The van der Waals surface area contributed by atoms with E-state index in [2.05, 4.69) is 40.7 Å². The van der Waals surface area contributed by atoms with Gasteiger partial charge in [-0.15, -0.1) is 0 Å². The number of amides is 1. The van der Waals surface area contributed by atoms with E-state index in [-0.39, 0.29) is 5.54 Å². The van der Waals surface area contributed by atoms with Crippen LogP contribution in [0.3, 0.4) is 0 Å². The monoisotopic (exact) mass is 361 g/mol. The van der Waals surface area contributed by atoms with Crippen molar-refractivity contribution in [2.24, 2.45) is 0 Å². The summed E-state index contributed by atoms with van der Waals surface area (Å²) in [6, 6.07) is 0. The summed E-state index contributed by atoms with van der Waals surface area (Å²) in [7, 11) is 2.24. The van der Waals surface area contributed by atoms with Gasteiger partial charge in [0, 0.05) is 69.5 Å². The predicted molar refractivity (Wildman–Crippen MR) is 104 cm³/mol. The van der Waals surface area contributed by atoms with Crippen LogP contribution in [-0.2, 0) is 17.8 Å². The lowest BCUT2D eigenvalue weighted by atomic mass is 9.86. The molecule has 6 nitrogen and oxygen atoms in total. The highest BCUT2D eigenvalue weighted by molar-refractivity contribution is 5.76. The van der Waals surface area contributed by atoms with Crippen molar-refractivity contribution in [2.75, 3.05) is 39.8 Å². The molecule has 0 bridgehead atoms. The molecule has 6 heteroatoms. The normalized spacial score (nSPS) is 25.8. The average Bonchev–Trinajstić information content (AvgIpc) is 3.02. The van der Waals surface area contributed by atoms with E-state index >= 15 is 0 Å². The molecule has 146 valence electrons. The molecule has 2 aliphatic heterocycles. The molecular weight excluding hydrogens is 326 g/mol. The molecule has 1 atom stereocenters. The summed E-state index contributed by atoms with van der Waals surface area (Å²) < 4.78 is 0. The third-order valence-electron chi connectivity index (χ3n) is 6.31. The molecule has 0 aromatic carbocycles. The van der Waals surface area contributed by atoms with E-state index in [1.54, 1.807) is 0 Å². The number of likely N-dealkylation sites (N-methyl/N-ethyl adjacent to an activating group) is 1. The SMILES string of the molecule is CCCCc1ncc(CN2CCN(C)C3(CCC(=O)N(CC)CC3)C2)[nH]1. The third kappa shape index (κ3) is 4.29. The van der Waals surface area contributed by atoms with Crippen LogP contribution in [0.5, 0.6) is 0 Å². The van der Waals surface area contributed by atoms with Crippen molar-refractivity contribution < 1.29 is 4.79 Å². The summed E-state index contributed by atoms with van der Waals surface area (Å²) in [5.74, 6) is 1.44. The lowest BCUT2D eigenvalue weighted by Crippen LogP contribution is -2.60. The van der Waals surface area contributed by atoms with Crippen LogP contribution in [0.15, 0.2) is 6.20 Å². The first kappa shape index (κ1) is 19.4. The second kappa shape index (κ2) is 8.53. The van der Waals surface area contributed by atoms with Gasteiger partial charge in [0.15, 0.2) is 0 Å². The number of hydrogen-bond donors (Lipinski definition) is 1. The van der Waals surface area contributed by atoms with Gasteiger partial charge in [0.1, 0.15) is 5.82 Å². The molecule has 1 aromatic heterocycles. The lowest BCUT2D eigenvalue weighted by Gasteiger charge is -2.49. The smallest absolute Gasteiger partial charge is 0.222 e. The number of unbranched alkanes of at least 4 members (excludes halogenated alkanes) is 1. The minimum atomic E-state index is 0.128. The van der Waals surface area contributed by atoms with Crippen molar-refractivity contribution >= 4 is 5.91 Å². The zero-order valence-corrected chi connectivity index (χ0v) is 16.8. The van der Waals surface area contributed by atoms with Crippen molar-refractivity contribution in [3.8, 4) is 0 Å². The molecule has 1 unspecified atom stereocenters. The van der Waals surface area contributed by atoms with Gasteiger partial charge in [0.25, 0.3) is 0 Å². The highest BCUT2D eigenvalue weighted by Crippen LogP contribution is 2.32. The summed E-state index contributed by atoms with van der Waals surface area (Å²) in [5.41, 5.74) is 1.35. The number of piperazine rings is 1. The second-order valence-corrected chi connectivity index (χ2v) is 8.04. The van der Waals surface area contributed by atoms with E-state index < -0.39 is 0 Å². The van der Waals surface area contributed by atoms with Gasteiger partial charge in [0.05, 0.1) is 0 Å². The molecule has 2 fully saturated rings. The Balaban J connectivity index is 1.64. The Labute approximate surface area is 157 Å². The molecule has 0 aliphatic carbocycles. The summed E-state index contributed by atoms with van der Waals surface area (Å²) >= 11 is 0. The van der Waals surface area contributed by atoms with E-state index in [1.807, 2.05) is 11.1 Å². The second-order valence-electron chi connectivity index (χ2n) is 8.04. The van der Waals surface area contributed by atoms with Crippen LogP contribution >= 0.6 is 0 Å². The van der Waals surface area contributed by atoms with Gasteiger partial charge >= 0.3 is 0 Å². The van der Waals surface area contributed by atoms with E-state index in [0.717, 1.165) is 64.4 Å². The summed E-state index contributed by atoms with van der Waals surface area (Å²) in [6.45, 7) is 10.1. The number of aryl methyl sites for hydroxylation is 1. The van der Waals surface area contributed by atoms with Crippen LogP contribution in [0.1, 0.15) is 57.5 Å². The van der Waals surface area contributed by atoms with Crippen molar-refractivity contribution in [1.82, 2.24) is 24.7 Å². The molecule has 1 N–H and O–H groups in total. The number of aromatic amines is 1. The average molecular weight is 362 g/mol. The molecule has 26 heavy (non-hydrogen) atoms. The van der Waals surface area contributed by atoms with Crippen LogP contribution in [0.4, 0.5) is 0 Å². The van der Waals surface area contributed by atoms with E-state index in [1.165, 1.54) is 18.5 Å². The number of imidazole rings is 1. The maximum atomic E-state index is 12.3. The molecule has 3 heterocycles. The van der Waals surface area contributed by atoms with Gasteiger partial charge in [-0.05, 0) is 33.2 Å². The van der Waals surface area contributed by atoms with Crippen molar-refractivity contribution in [3.05, 3.63) is 17.7 Å². The minimum Gasteiger partial charge on any atom is -0.345 e. The standard InChI is InChI=1S/C20H35N5O/c1-4-6-7-18-21-14-17(22-18)15-24-13-12-23(3)20(16-24)9-8-19(26)25(5-2)11-10-20/h14H,4-13,15-16H2,1-3H3,(H,21,22). The first-order valence-electron chi connectivity index (χ1n) is 10.3. The Morgan fingerprint density at radius 2 is 2.08 bits per heavy atom. The fourth-order valence-electron chi connectivity index (χ4n) is 4.44. The first-order valence-corrected chi connectivity index (χ1v) is 10.3. The number of aromatic nitrogens is 2. The predicted octanol–water partition coefficient (Wildman–Crippen LogP) is 2.27. The Bertz CT molecular complexity index is 601. The summed E-state index contributed by atoms with van der Waals surface area (Å²) in [4.78, 5) is 27.4. The Morgan fingerprint density at radius 3 is 2.85 bits per heavy atom. The Hall–Kier alpha value is -1.40. The van der Waals surface area contributed by atoms with Crippen molar-refractivity contribution in [2.45, 2.75) is 64.5 Å². The van der Waals surface area contributed by atoms with Gasteiger partial charge in [-0.25, -0.2) is 4.98 Å². The fourth-order valence-corrected chi connectivity index (χ4v) is 4.44. The van der Waals surface area contributed by atoms with Crippen LogP contribution < -0.4 is 0 Å². The highest BCUT2D eigenvalue weighted by Gasteiger charge is 2.42. The summed E-state index contributed by atoms with van der Waals surface area (Å²) in [6.07, 6.45) is 8.15. The summed E-state index contributed by atoms with van der Waals surface area (Å²) in [5, 5.41) is 0. The maximum absolute atomic E-state index is 12.3. The first-order chi connectivity index (χ1) is 12.6. The van der Waals surface area contributed by atoms with E-state index in [4.69, 9.17) is 0 Å². The molecule has 3 rings (SSSR count). The Morgan fingerprint density at radius 1 is 1.23 bits per heavy atom. The molecule has 1 aromatic rings. The molecule has 2 aliphatic rings. The number of nitrogens with zero attached hydrogens (tertiary/aromatic N) is 4. The molecule has 0 saturated carbocycles. The van der Waals surface area contributed by atoms with Crippen molar-refractivity contribution in [3.63, 3.8) is 0 Å². The fraction of sp³-hybridized carbons (Fsp3) is 0.800. The number of rotatable bonds is 6. The maximum Gasteiger partial charge on any atom is 0.222 e. The highest BCUT2D eigenvalue weighted by atomic mass is 16.2. The number of nitrogens with one attached hydrogen (secondary N) is 1. The van der Waals surface area contributed by atoms with E-state index in [9.17, 15) is 4.79 Å². The van der Waals surface area contributed by atoms with Crippen LogP contribution in [-0.4, -0.2) is 75.9 Å². The number of carbonyl (C=O) groups is 1. The largest absolute Gasteiger partial charge is 0.345 e. The van der Waals surface area contributed by atoms with Gasteiger partial charge in [0.2, 0.25) is 5.91 Å². The lowest BCUT2D eigenvalue weighted by molar-refractivity contribution is -0.130. The zero-order chi connectivity index (χ0) is 18.6. The number of hydrogen-bond acceptors (Lipinski definition) is 4. The van der Waals surface area contributed by atoms with Gasteiger partial charge < -0.3 is 9.88 Å². The molecule has 2 saturated heterocycles. The van der Waals surface area contributed by atoms with E-state index in [0.29, 0.717) is 12.3 Å². The van der Waals surface area contributed by atoms with Gasteiger partial charge in [-0.2, -0.15) is 0 Å². The van der Waals surface area contributed by atoms with Crippen LogP contribution in [0, 0.1) is 0 Å². The third-order valence-corrected chi connectivity index (χ3v) is 6.31. The quantitative estimate of drug-likeness (QED) is 0.844. The molecule has 1 amide bonds. The minimum absolute atomic E-state index is 0.128. The Kier molecular flexibility index (Phi) is 6.35. The van der Waals surface area contributed by atoms with Crippen LogP contribution in [0.2, 0.25) is 0 Å². The van der Waals surface area contributed by atoms with Crippen LogP contribution in [0.25, 0.3) is 0 Å². The number of likely N-dealkylation sites (tertiary alicyclic amines) is 1. The zero-order valence-electron chi connectivity index (χ0n) is 16.8. The van der Waals surface area contributed by atoms with Gasteiger partial charge in [-0.1, -0.05) is 13.3 Å². The topological polar surface area (TPSA) is 55.5 Å². The van der Waals surface area contributed by atoms with Gasteiger partial charge in [-0.3, -0.25) is 14.6 Å². The molecular formula is C20H35N5O. The molecule has 1 spiro atoms. The van der Waals surface area contributed by atoms with Crippen molar-refractivity contribution in [1.29, 1.82) is 0 Å². The number of H-pyrrole nitrogens is 1.